The predicted molar refractivity (Wildman–Crippen MR) is 98.2 cm³/mol. The molecule has 0 saturated heterocycles. The van der Waals surface area contributed by atoms with Gasteiger partial charge in [-0.1, -0.05) is 48.0 Å². The summed E-state index contributed by atoms with van der Waals surface area (Å²) in [7, 11) is 0. The standard InChI is InChI=1S/C19H16N2O2S/c1-13-8-10-15(11-9-13)17(23)12-18-21(16-6-4-3-5-7-16)20-19(24-18)14(2)22/h3-12H,1-2H3/b18-12-. The van der Waals surface area contributed by atoms with Gasteiger partial charge in [0.15, 0.2) is 16.6 Å². The summed E-state index contributed by atoms with van der Waals surface area (Å²) in [5.74, 6) is -0.231. The van der Waals surface area contributed by atoms with Crippen molar-refractivity contribution in [3.63, 3.8) is 0 Å². The van der Waals surface area contributed by atoms with Gasteiger partial charge in [-0.3, -0.25) is 9.59 Å². The van der Waals surface area contributed by atoms with Gasteiger partial charge in [-0.15, -0.1) is 0 Å². The Hall–Kier alpha value is -2.66. The van der Waals surface area contributed by atoms with Crippen LogP contribution in [0.3, 0.4) is 0 Å². The van der Waals surface area contributed by atoms with E-state index in [1.54, 1.807) is 17.1 Å². The molecule has 0 radical (unpaired) electrons. The molecule has 1 aliphatic rings. The SMILES string of the molecule is CC(=O)C1=NN(c2ccccc2)/C(=C/C(=O)c2ccc(C)cc2)S1. The third-order valence-electron chi connectivity index (χ3n) is 3.49. The Kier molecular flexibility index (Phi) is 4.62. The molecular formula is C19H16N2O2S. The highest BCUT2D eigenvalue weighted by molar-refractivity contribution is 8.19. The van der Waals surface area contributed by atoms with Crippen LogP contribution in [0.5, 0.6) is 0 Å². The van der Waals surface area contributed by atoms with Gasteiger partial charge in [0.05, 0.1) is 5.69 Å². The summed E-state index contributed by atoms with van der Waals surface area (Å²) in [6, 6.07) is 16.9. The van der Waals surface area contributed by atoms with Gasteiger partial charge >= 0.3 is 0 Å². The number of allylic oxidation sites excluding steroid dienone is 1. The minimum atomic E-state index is -0.118. The fraction of sp³-hybridized carbons (Fsp3) is 0.105. The number of hydrogen-bond acceptors (Lipinski definition) is 5. The molecule has 0 amide bonds. The van der Waals surface area contributed by atoms with Crippen molar-refractivity contribution in [3.8, 4) is 0 Å². The van der Waals surface area contributed by atoms with E-state index in [0.717, 1.165) is 11.3 Å². The fourth-order valence-corrected chi connectivity index (χ4v) is 3.07. The summed E-state index contributed by atoms with van der Waals surface area (Å²) >= 11 is 1.21. The molecule has 1 aliphatic heterocycles. The van der Waals surface area contributed by atoms with Crippen molar-refractivity contribution in [1.29, 1.82) is 0 Å². The number of rotatable bonds is 4. The average Bonchev–Trinajstić information content (AvgIpc) is 3.00. The predicted octanol–water partition coefficient (Wildman–Crippen LogP) is 4.18. The molecule has 0 unspecified atom stereocenters. The Morgan fingerprint density at radius 1 is 1.04 bits per heavy atom. The normalized spacial score (nSPS) is 15.5. The molecule has 0 aliphatic carbocycles. The molecule has 3 rings (SSSR count). The Labute approximate surface area is 144 Å². The summed E-state index contributed by atoms with van der Waals surface area (Å²) in [5.41, 5.74) is 2.52. The first-order valence-corrected chi connectivity index (χ1v) is 8.31. The van der Waals surface area contributed by atoms with Crippen molar-refractivity contribution in [3.05, 3.63) is 76.8 Å². The van der Waals surface area contributed by atoms with E-state index in [9.17, 15) is 9.59 Å². The van der Waals surface area contributed by atoms with E-state index < -0.39 is 0 Å². The summed E-state index contributed by atoms with van der Waals surface area (Å²) in [5, 5.41) is 6.97. The highest BCUT2D eigenvalue weighted by Gasteiger charge is 2.26. The maximum absolute atomic E-state index is 12.5. The lowest BCUT2D eigenvalue weighted by atomic mass is 10.1. The molecule has 5 heteroatoms. The topological polar surface area (TPSA) is 49.7 Å². The number of hydrogen-bond donors (Lipinski definition) is 0. The van der Waals surface area contributed by atoms with Gasteiger partial charge in [0, 0.05) is 18.6 Å². The van der Waals surface area contributed by atoms with Crippen LogP contribution in [0.2, 0.25) is 0 Å². The highest BCUT2D eigenvalue weighted by atomic mass is 32.2. The first-order valence-electron chi connectivity index (χ1n) is 7.50. The number of benzene rings is 2. The number of thioether (sulfide) groups is 1. The minimum absolute atomic E-state index is 0.113. The molecule has 0 atom stereocenters. The maximum atomic E-state index is 12.5. The largest absolute Gasteiger partial charge is 0.292 e. The van der Waals surface area contributed by atoms with Crippen molar-refractivity contribution in [2.24, 2.45) is 5.10 Å². The van der Waals surface area contributed by atoms with Gasteiger partial charge < -0.3 is 0 Å². The lowest BCUT2D eigenvalue weighted by Gasteiger charge is -2.14. The average molecular weight is 336 g/mol. The van der Waals surface area contributed by atoms with Crippen LogP contribution in [0, 0.1) is 6.92 Å². The molecule has 24 heavy (non-hydrogen) atoms. The van der Waals surface area contributed by atoms with Crippen LogP contribution in [-0.4, -0.2) is 16.6 Å². The van der Waals surface area contributed by atoms with E-state index in [0.29, 0.717) is 15.6 Å². The van der Waals surface area contributed by atoms with E-state index in [1.165, 1.54) is 24.8 Å². The first-order chi connectivity index (χ1) is 11.5. The van der Waals surface area contributed by atoms with Gasteiger partial charge in [0.25, 0.3) is 0 Å². The molecule has 0 N–H and O–H groups in total. The van der Waals surface area contributed by atoms with Crippen LogP contribution in [0.15, 0.2) is 70.8 Å². The van der Waals surface area contributed by atoms with Crippen LogP contribution in [0.1, 0.15) is 22.8 Å². The van der Waals surface area contributed by atoms with Crippen molar-refractivity contribution in [2.45, 2.75) is 13.8 Å². The van der Waals surface area contributed by atoms with Crippen LogP contribution >= 0.6 is 11.8 Å². The second-order valence-corrected chi connectivity index (χ2v) is 6.43. The van der Waals surface area contributed by atoms with Crippen LogP contribution in [-0.2, 0) is 4.79 Å². The summed E-state index contributed by atoms with van der Waals surface area (Å²) in [4.78, 5) is 24.2. The van der Waals surface area contributed by atoms with Gasteiger partial charge in [-0.05, 0) is 30.8 Å². The summed E-state index contributed by atoms with van der Waals surface area (Å²) < 4.78 is 0. The number of anilines is 1. The molecule has 0 spiro atoms. The molecule has 0 saturated carbocycles. The number of nitrogens with zero attached hydrogens (tertiary/aromatic N) is 2. The first kappa shape index (κ1) is 16.2. The molecule has 120 valence electrons. The fourth-order valence-electron chi connectivity index (χ4n) is 2.20. The Morgan fingerprint density at radius 3 is 2.33 bits per heavy atom. The van der Waals surface area contributed by atoms with Crippen LogP contribution in [0.4, 0.5) is 5.69 Å². The van der Waals surface area contributed by atoms with Gasteiger partial charge in [0.2, 0.25) is 0 Å². The Balaban J connectivity index is 1.94. The molecule has 1 heterocycles. The monoisotopic (exact) mass is 336 g/mol. The van der Waals surface area contributed by atoms with Crippen molar-refractivity contribution in [1.82, 2.24) is 0 Å². The maximum Gasteiger partial charge on any atom is 0.188 e. The number of Topliss-reactive ketones (excluding diaryl/α,β-unsaturated/α-hetero) is 1. The third-order valence-corrected chi connectivity index (χ3v) is 4.56. The number of carbonyl (C=O) groups is 2. The van der Waals surface area contributed by atoms with E-state index in [4.69, 9.17) is 0 Å². The summed E-state index contributed by atoms with van der Waals surface area (Å²) in [6.45, 7) is 3.45. The zero-order valence-electron chi connectivity index (χ0n) is 13.4. The van der Waals surface area contributed by atoms with E-state index >= 15 is 0 Å². The number of ketones is 2. The zero-order chi connectivity index (χ0) is 17.1. The van der Waals surface area contributed by atoms with Crippen LogP contribution in [0.25, 0.3) is 0 Å². The number of carbonyl (C=O) groups excluding carboxylic acids is 2. The quantitative estimate of drug-likeness (QED) is 0.621. The molecule has 2 aromatic carbocycles. The van der Waals surface area contributed by atoms with E-state index in [2.05, 4.69) is 5.10 Å². The molecule has 0 bridgehead atoms. The molecule has 0 fully saturated rings. The molecule has 0 aromatic heterocycles. The van der Waals surface area contributed by atoms with E-state index in [1.807, 2.05) is 49.4 Å². The Bertz CT molecular complexity index is 839. The van der Waals surface area contributed by atoms with Gasteiger partial charge in [-0.2, -0.15) is 5.10 Å². The second kappa shape index (κ2) is 6.84. The van der Waals surface area contributed by atoms with Crippen molar-refractivity contribution in [2.75, 3.05) is 5.01 Å². The lowest BCUT2D eigenvalue weighted by Crippen LogP contribution is -2.11. The number of aryl methyl sites for hydroxylation is 1. The van der Waals surface area contributed by atoms with Crippen molar-refractivity contribution >= 4 is 34.1 Å². The third kappa shape index (κ3) is 3.46. The lowest BCUT2D eigenvalue weighted by molar-refractivity contribution is -0.110. The van der Waals surface area contributed by atoms with Crippen LogP contribution < -0.4 is 5.01 Å². The molecule has 4 nitrogen and oxygen atoms in total. The highest BCUT2D eigenvalue weighted by Crippen LogP contribution is 2.35. The minimum Gasteiger partial charge on any atom is -0.292 e. The van der Waals surface area contributed by atoms with Gasteiger partial charge in [-0.25, -0.2) is 5.01 Å². The Morgan fingerprint density at radius 2 is 1.71 bits per heavy atom. The van der Waals surface area contributed by atoms with E-state index in [-0.39, 0.29) is 11.6 Å². The number of hydrazone groups is 1. The molecule has 2 aromatic rings. The number of para-hydroxylation sites is 1. The molecular weight excluding hydrogens is 320 g/mol. The zero-order valence-corrected chi connectivity index (χ0v) is 14.2. The smallest absolute Gasteiger partial charge is 0.188 e. The van der Waals surface area contributed by atoms with Crippen molar-refractivity contribution < 1.29 is 9.59 Å². The second-order valence-electron chi connectivity index (χ2n) is 5.42. The summed E-state index contributed by atoms with van der Waals surface area (Å²) in [6.07, 6.45) is 1.53. The van der Waals surface area contributed by atoms with Gasteiger partial charge in [0.1, 0.15) is 5.03 Å².